The van der Waals surface area contributed by atoms with E-state index in [1.54, 1.807) is 0 Å². The van der Waals surface area contributed by atoms with Crippen molar-refractivity contribution in [3.63, 3.8) is 0 Å². The minimum Gasteiger partial charge on any atom is -0.368 e. The Morgan fingerprint density at radius 3 is 2.89 bits per heavy atom. The van der Waals surface area contributed by atoms with Gasteiger partial charge in [-0.15, -0.1) is 0 Å². The van der Waals surface area contributed by atoms with Crippen LogP contribution in [0.15, 0.2) is 6.07 Å². The van der Waals surface area contributed by atoms with Crippen LogP contribution in [0.5, 0.6) is 0 Å². The molecule has 1 aliphatic rings. The number of aryl methyl sites for hydroxylation is 2. The summed E-state index contributed by atoms with van der Waals surface area (Å²) in [6.07, 6.45) is 0.128. The summed E-state index contributed by atoms with van der Waals surface area (Å²) in [4.78, 5) is 2.42. The van der Waals surface area contributed by atoms with E-state index in [0.717, 1.165) is 31.9 Å². The highest BCUT2D eigenvalue weighted by Crippen LogP contribution is 2.22. The number of morpholine rings is 1. The molecule has 0 aliphatic carbocycles. The van der Waals surface area contributed by atoms with Crippen LogP contribution >= 0.6 is 0 Å². The average Bonchev–Trinajstić information content (AvgIpc) is 2.67. The minimum atomic E-state index is -0.131. The van der Waals surface area contributed by atoms with Gasteiger partial charge in [-0.3, -0.25) is 9.58 Å². The molecule has 0 spiro atoms. The topological polar surface area (TPSA) is 56.3 Å². The van der Waals surface area contributed by atoms with Crippen LogP contribution in [0.3, 0.4) is 0 Å². The Morgan fingerprint density at radius 1 is 1.53 bits per heavy atom. The lowest BCUT2D eigenvalue weighted by atomic mass is 10.0. The van der Waals surface area contributed by atoms with E-state index in [1.807, 2.05) is 6.92 Å². The third kappa shape index (κ3) is 3.55. The molecule has 1 atom stereocenters. The standard InChI is InChI=1S/C14H26N4O/c1-5-18-12(6-11(2)16-18)8-17-9-13(7-15)19-14(3,4)10-17/h6,13H,5,7-10,15H2,1-4H3. The summed E-state index contributed by atoms with van der Waals surface area (Å²) in [7, 11) is 0. The number of aromatic nitrogens is 2. The molecule has 1 fully saturated rings. The van der Waals surface area contributed by atoms with Crippen molar-refractivity contribution in [1.29, 1.82) is 0 Å². The monoisotopic (exact) mass is 266 g/mol. The van der Waals surface area contributed by atoms with Crippen molar-refractivity contribution in [2.24, 2.45) is 5.73 Å². The second kappa shape index (κ2) is 5.61. The van der Waals surface area contributed by atoms with Crippen LogP contribution < -0.4 is 5.73 Å². The summed E-state index contributed by atoms with van der Waals surface area (Å²) in [5, 5.41) is 4.50. The molecule has 1 saturated heterocycles. The summed E-state index contributed by atoms with van der Waals surface area (Å²) in [5.41, 5.74) is 8.00. The zero-order valence-electron chi connectivity index (χ0n) is 12.5. The first-order valence-electron chi connectivity index (χ1n) is 7.07. The van der Waals surface area contributed by atoms with Crippen LogP contribution in [0.4, 0.5) is 0 Å². The SMILES string of the molecule is CCn1nc(C)cc1CN1CC(CN)OC(C)(C)C1. The predicted octanol–water partition coefficient (Wildman–Crippen LogP) is 1.15. The van der Waals surface area contributed by atoms with Crippen LogP contribution in [0.2, 0.25) is 0 Å². The fourth-order valence-electron chi connectivity index (χ4n) is 2.89. The molecule has 108 valence electrons. The molecule has 2 N–H and O–H groups in total. The molecule has 2 heterocycles. The molecule has 0 aromatic carbocycles. The van der Waals surface area contributed by atoms with Crippen LogP contribution in [-0.2, 0) is 17.8 Å². The van der Waals surface area contributed by atoms with E-state index in [-0.39, 0.29) is 11.7 Å². The Kier molecular flexibility index (Phi) is 4.28. The van der Waals surface area contributed by atoms with E-state index in [9.17, 15) is 0 Å². The molecule has 1 unspecified atom stereocenters. The van der Waals surface area contributed by atoms with E-state index in [1.165, 1.54) is 5.69 Å². The molecule has 1 aromatic rings. The lowest BCUT2D eigenvalue weighted by Gasteiger charge is -2.42. The largest absolute Gasteiger partial charge is 0.368 e. The van der Waals surface area contributed by atoms with Crippen LogP contribution in [0.25, 0.3) is 0 Å². The van der Waals surface area contributed by atoms with Gasteiger partial charge in [0.25, 0.3) is 0 Å². The summed E-state index contributed by atoms with van der Waals surface area (Å²) in [6, 6.07) is 2.17. The number of hydrogen-bond acceptors (Lipinski definition) is 4. The van der Waals surface area contributed by atoms with E-state index in [0.29, 0.717) is 6.54 Å². The van der Waals surface area contributed by atoms with Crippen molar-refractivity contribution in [2.45, 2.75) is 52.5 Å². The number of nitrogens with two attached hydrogens (primary N) is 1. The molecule has 19 heavy (non-hydrogen) atoms. The molecule has 5 heteroatoms. The van der Waals surface area contributed by atoms with Crippen LogP contribution in [0, 0.1) is 6.92 Å². The van der Waals surface area contributed by atoms with Crippen molar-refractivity contribution in [2.75, 3.05) is 19.6 Å². The number of hydrogen-bond donors (Lipinski definition) is 1. The highest BCUT2D eigenvalue weighted by atomic mass is 16.5. The molecular weight excluding hydrogens is 240 g/mol. The molecule has 0 saturated carbocycles. The fourth-order valence-corrected chi connectivity index (χ4v) is 2.89. The Hall–Kier alpha value is -0.910. The maximum absolute atomic E-state index is 5.96. The van der Waals surface area contributed by atoms with Gasteiger partial charge in [0.1, 0.15) is 0 Å². The summed E-state index contributed by atoms with van der Waals surface area (Å²) >= 11 is 0. The van der Waals surface area contributed by atoms with Crippen molar-refractivity contribution in [1.82, 2.24) is 14.7 Å². The Bertz CT molecular complexity index is 427. The van der Waals surface area contributed by atoms with Gasteiger partial charge in [-0.1, -0.05) is 0 Å². The first-order valence-corrected chi connectivity index (χ1v) is 7.07. The van der Waals surface area contributed by atoms with Gasteiger partial charge in [0.05, 0.1) is 23.1 Å². The lowest BCUT2D eigenvalue weighted by molar-refractivity contribution is -0.134. The first kappa shape index (κ1) is 14.5. The predicted molar refractivity (Wildman–Crippen MR) is 75.9 cm³/mol. The summed E-state index contributed by atoms with van der Waals surface area (Å²) in [6.45, 7) is 12.7. The minimum absolute atomic E-state index is 0.128. The van der Waals surface area contributed by atoms with Crippen molar-refractivity contribution in [3.05, 3.63) is 17.5 Å². The fraction of sp³-hybridized carbons (Fsp3) is 0.786. The second-order valence-electron chi connectivity index (χ2n) is 6.00. The molecule has 1 aliphatic heterocycles. The second-order valence-corrected chi connectivity index (χ2v) is 6.00. The molecule has 0 radical (unpaired) electrons. The van der Waals surface area contributed by atoms with E-state index < -0.39 is 0 Å². The third-order valence-corrected chi connectivity index (χ3v) is 3.49. The lowest BCUT2D eigenvalue weighted by Crippen LogP contribution is -2.54. The zero-order valence-corrected chi connectivity index (χ0v) is 12.5. The number of ether oxygens (including phenoxy) is 1. The Labute approximate surface area is 115 Å². The zero-order chi connectivity index (χ0) is 14.0. The van der Waals surface area contributed by atoms with Gasteiger partial charge in [-0.05, 0) is 33.8 Å². The van der Waals surface area contributed by atoms with Gasteiger partial charge in [0, 0.05) is 32.7 Å². The molecule has 2 rings (SSSR count). The normalized spacial score (nSPS) is 23.7. The van der Waals surface area contributed by atoms with Crippen molar-refractivity contribution >= 4 is 0 Å². The molecular formula is C14H26N4O. The van der Waals surface area contributed by atoms with Gasteiger partial charge >= 0.3 is 0 Å². The smallest absolute Gasteiger partial charge is 0.0831 e. The summed E-state index contributed by atoms with van der Waals surface area (Å²) in [5.74, 6) is 0. The maximum atomic E-state index is 5.96. The van der Waals surface area contributed by atoms with Gasteiger partial charge in [-0.25, -0.2) is 0 Å². The third-order valence-electron chi connectivity index (χ3n) is 3.49. The average molecular weight is 266 g/mol. The highest BCUT2D eigenvalue weighted by Gasteiger charge is 2.32. The molecule has 0 bridgehead atoms. The van der Waals surface area contributed by atoms with Crippen molar-refractivity contribution < 1.29 is 4.74 Å². The molecule has 5 nitrogen and oxygen atoms in total. The number of rotatable bonds is 4. The van der Waals surface area contributed by atoms with Gasteiger partial charge in [0.15, 0.2) is 0 Å². The highest BCUT2D eigenvalue weighted by molar-refractivity contribution is 5.09. The van der Waals surface area contributed by atoms with Gasteiger partial charge in [-0.2, -0.15) is 5.10 Å². The van der Waals surface area contributed by atoms with Gasteiger partial charge < -0.3 is 10.5 Å². The van der Waals surface area contributed by atoms with Crippen LogP contribution in [0.1, 0.15) is 32.2 Å². The Balaban J connectivity index is 2.09. The van der Waals surface area contributed by atoms with E-state index >= 15 is 0 Å². The maximum Gasteiger partial charge on any atom is 0.0831 e. The van der Waals surface area contributed by atoms with Gasteiger partial charge in [0.2, 0.25) is 0 Å². The molecule has 0 amide bonds. The number of nitrogens with zero attached hydrogens (tertiary/aromatic N) is 3. The molecule has 1 aromatic heterocycles. The van der Waals surface area contributed by atoms with E-state index in [2.05, 4.69) is 41.5 Å². The van der Waals surface area contributed by atoms with Crippen LogP contribution in [-0.4, -0.2) is 46.0 Å². The quantitative estimate of drug-likeness (QED) is 0.888. The van der Waals surface area contributed by atoms with Crippen molar-refractivity contribution in [3.8, 4) is 0 Å². The first-order chi connectivity index (χ1) is 8.93. The summed E-state index contributed by atoms with van der Waals surface area (Å²) < 4.78 is 8.04. The van der Waals surface area contributed by atoms with E-state index in [4.69, 9.17) is 10.5 Å². The Morgan fingerprint density at radius 2 is 2.26 bits per heavy atom.